The molecule has 1 aromatic rings. The topological polar surface area (TPSA) is 32.6 Å². The highest BCUT2D eigenvalue weighted by Gasteiger charge is 1.89. The zero-order chi connectivity index (χ0) is 10.2. The standard InChI is InChI=1S/C11H12BrNO/c12-7-2-1-4-10-5-3-6-11(8-10)9-13-14/h1,3-6,8-9,14H,2,7H2. The van der Waals surface area contributed by atoms with Crippen LogP contribution in [0, 0.1) is 0 Å². The summed E-state index contributed by atoms with van der Waals surface area (Å²) in [6.07, 6.45) is 6.58. The number of benzene rings is 1. The molecule has 0 saturated heterocycles. The fourth-order valence-corrected chi connectivity index (χ4v) is 1.36. The highest BCUT2D eigenvalue weighted by Crippen LogP contribution is 2.06. The molecular weight excluding hydrogens is 242 g/mol. The van der Waals surface area contributed by atoms with Crippen LogP contribution in [-0.4, -0.2) is 16.8 Å². The van der Waals surface area contributed by atoms with Gasteiger partial charge >= 0.3 is 0 Å². The maximum Gasteiger partial charge on any atom is 0.0734 e. The van der Waals surface area contributed by atoms with Crippen LogP contribution in [0.3, 0.4) is 0 Å². The van der Waals surface area contributed by atoms with Gasteiger partial charge in [0.2, 0.25) is 0 Å². The summed E-state index contributed by atoms with van der Waals surface area (Å²) < 4.78 is 0. The molecule has 0 fully saturated rings. The van der Waals surface area contributed by atoms with Crippen LogP contribution < -0.4 is 0 Å². The maximum atomic E-state index is 8.37. The zero-order valence-electron chi connectivity index (χ0n) is 7.73. The van der Waals surface area contributed by atoms with E-state index in [-0.39, 0.29) is 0 Å². The second kappa shape index (κ2) is 6.38. The third kappa shape index (κ3) is 3.75. The minimum atomic E-state index is 0.897. The van der Waals surface area contributed by atoms with Crippen LogP contribution in [0.4, 0.5) is 0 Å². The molecule has 0 atom stereocenters. The normalized spacial score (nSPS) is 11.5. The number of allylic oxidation sites excluding steroid dienone is 1. The number of rotatable bonds is 4. The minimum Gasteiger partial charge on any atom is -0.411 e. The van der Waals surface area contributed by atoms with E-state index in [4.69, 9.17) is 5.21 Å². The van der Waals surface area contributed by atoms with Crippen molar-refractivity contribution in [2.45, 2.75) is 6.42 Å². The molecule has 0 spiro atoms. The molecule has 0 amide bonds. The van der Waals surface area contributed by atoms with Crippen molar-refractivity contribution in [3.05, 3.63) is 41.5 Å². The quantitative estimate of drug-likeness (QED) is 0.380. The summed E-state index contributed by atoms with van der Waals surface area (Å²) in [5.74, 6) is 0. The summed E-state index contributed by atoms with van der Waals surface area (Å²) in [6.45, 7) is 0. The van der Waals surface area contributed by atoms with Crippen LogP contribution in [0.2, 0.25) is 0 Å². The number of nitrogens with zero attached hydrogens (tertiary/aromatic N) is 1. The molecule has 1 N–H and O–H groups in total. The summed E-state index contributed by atoms with van der Waals surface area (Å²) >= 11 is 3.36. The first-order valence-corrected chi connectivity index (χ1v) is 5.49. The first-order valence-electron chi connectivity index (χ1n) is 4.37. The molecule has 0 bridgehead atoms. The fraction of sp³-hybridized carbons (Fsp3) is 0.182. The van der Waals surface area contributed by atoms with Crippen LogP contribution in [0.15, 0.2) is 35.5 Å². The lowest BCUT2D eigenvalue weighted by molar-refractivity contribution is 0.322. The third-order valence-corrected chi connectivity index (χ3v) is 2.16. The van der Waals surface area contributed by atoms with Gasteiger partial charge in [0.1, 0.15) is 0 Å². The Kier molecular flexibility index (Phi) is 5.00. The summed E-state index contributed by atoms with van der Waals surface area (Å²) in [7, 11) is 0. The van der Waals surface area contributed by atoms with Crippen molar-refractivity contribution < 1.29 is 5.21 Å². The molecule has 1 aromatic carbocycles. The van der Waals surface area contributed by atoms with Gasteiger partial charge in [-0.3, -0.25) is 0 Å². The predicted octanol–water partition coefficient (Wildman–Crippen LogP) is 3.29. The molecule has 74 valence electrons. The van der Waals surface area contributed by atoms with Crippen molar-refractivity contribution in [2.24, 2.45) is 5.16 Å². The fourth-order valence-electron chi connectivity index (χ4n) is 1.09. The van der Waals surface area contributed by atoms with Crippen molar-refractivity contribution in [3.63, 3.8) is 0 Å². The molecule has 0 unspecified atom stereocenters. The van der Waals surface area contributed by atoms with Crippen LogP contribution in [0.1, 0.15) is 17.5 Å². The molecule has 0 aliphatic carbocycles. The van der Waals surface area contributed by atoms with Gasteiger partial charge in [-0.05, 0) is 23.6 Å². The van der Waals surface area contributed by atoms with Gasteiger partial charge in [0.05, 0.1) is 6.21 Å². The summed E-state index contributed by atoms with van der Waals surface area (Å²) in [4.78, 5) is 0. The summed E-state index contributed by atoms with van der Waals surface area (Å²) in [5.41, 5.74) is 2.01. The molecule has 0 aliphatic rings. The molecule has 2 nitrogen and oxygen atoms in total. The molecular formula is C11H12BrNO. The van der Waals surface area contributed by atoms with Gasteiger partial charge < -0.3 is 5.21 Å². The van der Waals surface area contributed by atoms with E-state index in [2.05, 4.69) is 33.2 Å². The van der Waals surface area contributed by atoms with E-state index >= 15 is 0 Å². The van der Waals surface area contributed by atoms with Crippen molar-refractivity contribution in [3.8, 4) is 0 Å². The van der Waals surface area contributed by atoms with E-state index < -0.39 is 0 Å². The molecule has 14 heavy (non-hydrogen) atoms. The minimum absolute atomic E-state index is 0.897. The zero-order valence-corrected chi connectivity index (χ0v) is 9.31. The molecule has 1 rings (SSSR count). The number of hydrogen-bond donors (Lipinski definition) is 1. The van der Waals surface area contributed by atoms with E-state index in [0.29, 0.717) is 0 Å². The van der Waals surface area contributed by atoms with E-state index in [1.807, 2.05) is 24.3 Å². The maximum absolute atomic E-state index is 8.37. The first kappa shape index (κ1) is 11.0. The molecule has 0 radical (unpaired) electrons. The Morgan fingerprint density at radius 2 is 2.14 bits per heavy atom. The Morgan fingerprint density at radius 1 is 1.36 bits per heavy atom. The van der Waals surface area contributed by atoms with Crippen molar-refractivity contribution in [2.75, 3.05) is 5.33 Å². The Bertz CT molecular complexity index is 334. The number of oxime groups is 1. The van der Waals surface area contributed by atoms with Crippen molar-refractivity contribution in [1.29, 1.82) is 0 Å². The van der Waals surface area contributed by atoms with Crippen LogP contribution in [0.25, 0.3) is 6.08 Å². The Balaban J connectivity index is 2.73. The molecule has 0 aliphatic heterocycles. The SMILES string of the molecule is ON=Cc1cccc(C=CCCBr)c1. The van der Waals surface area contributed by atoms with Crippen molar-refractivity contribution >= 4 is 28.2 Å². The van der Waals surface area contributed by atoms with E-state index in [1.54, 1.807) is 0 Å². The van der Waals surface area contributed by atoms with Gasteiger partial charge in [-0.15, -0.1) is 0 Å². The summed E-state index contributed by atoms with van der Waals surface area (Å²) in [6, 6.07) is 7.80. The third-order valence-electron chi connectivity index (χ3n) is 1.70. The van der Waals surface area contributed by atoms with Gasteiger partial charge in [0.25, 0.3) is 0 Å². The summed E-state index contributed by atoms with van der Waals surface area (Å²) in [5, 5.41) is 12.3. The largest absolute Gasteiger partial charge is 0.411 e. The highest BCUT2D eigenvalue weighted by molar-refractivity contribution is 9.09. The lowest BCUT2D eigenvalue weighted by Crippen LogP contribution is -1.81. The number of halogens is 1. The lowest BCUT2D eigenvalue weighted by atomic mass is 10.1. The Hall–Kier alpha value is -1.09. The monoisotopic (exact) mass is 253 g/mol. The van der Waals surface area contributed by atoms with Crippen molar-refractivity contribution in [1.82, 2.24) is 0 Å². The van der Waals surface area contributed by atoms with Gasteiger partial charge in [-0.25, -0.2) is 0 Å². The van der Waals surface area contributed by atoms with Gasteiger partial charge in [-0.1, -0.05) is 51.4 Å². The van der Waals surface area contributed by atoms with E-state index in [0.717, 1.165) is 22.9 Å². The lowest BCUT2D eigenvalue weighted by Gasteiger charge is -1.95. The predicted molar refractivity (Wildman–Crippen MR) is 63.3 cm³/mol. The molecule has 0 aromatic heterocycles. The van der Waals surface area contributed by atoms with Gasteiger partial charge in [0, 0.05) is 5.33 Å². The number of alkyl halides is 1. The van der Waals surface area contributed by atoms with Crippen LogP contribution >= 0.6 is 15.9 Å². The van der Waals surface area contributed by atoms with E-state index in [1.165, 1.54) is 6.21 Å². The molecule has 0 saturated carbocycles. The first-order chi connectivity index (χ1) is 6.86. The van der Waals surface area contributed by atoms with Gasteiger partial charge in [0.15, 0.2) is 0 Å². The molecule has 3 heteroatoms. The highest BCUT2D eigenvalue weighted by atomic mass is 79.9. The van der Waals surface area contributed by atoms with Crippen LogP contribution in [-0.2, 0) is 0 Å². The average Bonchev–Trinajstić information content (AvgIpc) is 2.19. The van der Waals surface area contributed by atoms with E-state index in [9.17, 15) is 0 Å². The smallest absolute Gasteiger partial charge is 0.0734 e. The van der Waals surface area contributed by atoms with Crippen LogP contribution in [0.5, 0.6) is 0 Å². The average molecular weight is 254 g/mol. The number of hydrogen-bond acceptors (Lipinski definition) is 2. The Morgan fingerprint density at radius 3 is 2.86 bits per heavy atom. The molecule has 0 heterocycles. The second-order valence-electron chi connectivity index (χ2n) is 2.79. The second-order valence-corrected chi connectivity index (χ2v) is 3.59. The van der Waals surface area contributed by atoms with Gasteiger partial charge in [-0.2, -0.15) is 0 Å². The Labute approximate surface area is 92.1 Å².